The Bertz CT molecular complexity index is 365. The van der Waals surface area contributed by atoms with E-state index in [9.17, 15) is 9.90 Å². The van der Waals surface area contributed by atoms with E-state index in [1.807, 2.05) is 0 Å². The van der Waals surface area contributed by atoms with Crippen LogP contribution in [0.5, 0.6) is 0 Å². The van der Waals surface area contributed by atoms with Crippen LogP contribution >= 0.6 is 0 Å². The van der Waals surface area contributed by atoms with Gasteiger partial charge in [-0.2, -0.15) is 0 Å². The second-order valence-corrected chi connectivity index (χ2v) is 4.32. The summed E-state index contributed by atoms with van der Waals surface area (Å²) in [6.45, 7) is 1.93. The van der Waals surface area contributed by atoms with E-state index in [4.69, 9.17) is 0 Å². The molecule has 17 heavy (non-hydrogen) atoms. The van der Waals surface area contributed by atoms with E-state index in [0.29, 0.717) is 18.2 Å². The zero-order valence-corrected chi connectivity index (χ0v) is 9.54. The predicted octanol–water partition coefficient (Wildman–Crippen LogP) is 0.429. The number of aliphatic carboxylic acids is 1. The molecule has 0 aliphatic carbocycles. The van der Waals surface area contributed by atoms with Gasteiger partial charge in [0.05, 0.1) is 0 Å². The Morgan fingerprint density at radius 2 is 2.06 bits per heavy atom. The van der Waals surface area contributed by atoms with E-state index >= 15 is 0 Å². The minimum absolute atomic E-state index is 0.367. The highest BCUT2D eigenvalue weighted by Gasteiger charge is 2.27. The smallest absolute Gasteiger partial charge is 0.314 e. The summed E-state index contributed by atoms with van der Waals surface area (Å²) in [5.41, 5.74) is 0. The average Bonchev–Trinajstić information content (AvgIpc) is 2.38. The molecule has 0 amide bonds. The Morgan fingerprint density at radius 3 is 2.65 bits per heavy atom. The largest absolute Gasteiger partial charge is 0.481 e. The van der Waals surface area contributed by atoms with Crippen LogP contribution in [0.1, 0.15) is 31.0 Å². The molecule has 1 aliphatic heterocycles. The maximum Gasteiger partial charge on any atom is 0.314 e. The van der Waals surface area contributed by atoms with Gasteiger partial charge in [-0.05, 0) is 38.3 Å². The molecule has 0 radical (unpaired) electrons. The van der Waals surface area contributed by atoms with Gasteiger partial charge in [-0.3, -0.25) is 4.79 Å². The molecule has 1 saturated heterocycles. The SMILES string of the molecule is O=C(O)C(CC1CCNCC1)c1ncncn1. The summed E-state index contributed by atoms with van der Waals surface area (Å²) >= 11 is 0. The zero-order chi connectivity index (χ0) is 12.1. The lowest BCUT2D eigenvalue weighted by atomic mass is 9.87. The van der Waals surface area contributed by atoms with Gasteiger partial charge in [-0.15, -0.1) is 0 Å². The van der Waals surface area contributed by atoms with Crippen molar-refractivity contribution in [2.75, 3.05) is 13.1 Å². The van der Waals surface area contributed by atoms with Crippen molar-refractivity contribution in [2.24, 2.45) is 5.92 Å². The lowest BCUT2D eigenvalue weighted by molar-refractivity contribution is -0.139. The molecule has 1 atom stereocenters. The second kappa shape index (κ2) is 5.67. The van der Waals surface area contributed by atoms with Crippen LogP contribution in [0.2, 0.25) is 0 Å². The maximum atomic E-state index is 11.3. The highest BCUT2D eigenvalue weighted by Crippen LogP contribution is 2.26. The third-order valence-electron chi connectivity index (χ3n) is 3.15. The van der Waals surface area contributed by atoms with Crippen molar-refractivity contribution in [1.82, 2.24) is 20.3 Å². The molecule has 0 aromatic carbocycles. The number of nitrogens with zero attached hydrogens (tertiary/aromatic N) is 3. The molecule has 0 spiro atoms. The fourth-order valence-corrected chi connectivity index (χ4v) is 2.20. The number of nitrogens with one attached hydrogen (secondary N) is 1. The topological polar surface area (TPSA) is 88.0 Å². The molecule has 1 aliphatic rings. The predicted molar refractivity (Wildman–Crippen MR) is 60.4 cm³/mol. The number of rotatable bonds is 4. The third kappa shape index (κ3) is 3.20. The Kier molecular flexibility index (Phi) is 3.98. The van der Waals surface area contributed by atoms with Crippen molar-refractivity contribution in [1.29, 1.82) is 0 Å². The van der Waals surface area contributed by atoms with Gasteiger partial charge in [0.25, 0.3) is 0 Å². The summed E-state index contributed by atoms with van der Waals surface area (Å²) in [4.78, 5) is 22.9. The fraction of sp³-hybridized carbons (Fsp3) is 0.636. The highest BCUT2D eigenvalue weighted by atomic mass is 16.4. The van der Waals surface area contributed by atoms with Crippen LogP contribution in [-0.4, -0.2) is 39.1 Å². The van der Waals surface area contributed by atoms with Gasteiger partial charge in [0, 0.05) is 0 Å². The van der Waals surface area contributed by atoms with Crippen molar-refractivity contribution in [3.8, 4) is 0 Å². The third-order valence-corrected chi connectivity index (χ3v) is 3.15. The van der Waals surface area contributed by atoms with Crippen molar-refractivity contribution >= 4 is 5.97 Å². The van der Waals surface area contributed by atoms with Crippen molar-refractivity contribution in [2.45, 2.75) is 25.2 Å². The van der Waals surface area contributed by atoms with Crippen molar-refractivity contribution in [3.63, 3.8) is 0 Å². The first-order chi connectivity index (χ1) is 8.27. The summed E-state index contributed by atoms with van der Waals surface area (Å²) in [5, 5.41) is 12.5. The number of hydrogen-bond acceptors (Lipinski definition) is 5. The monoisotopic (exact) mass is 236 g/mol. The molecule has 2 rings (SSSR count). The quantitative estimate of drug-likeness (QED) is 0.788. The first kappa shape index (κ1) is 11.9. The fourth-order valence-electron chi connectivity index (χ4n) is 2.20. The van der Waals surface area contributed by atoms with Gasteiger partial charge >= 0.3 is 5.97 Å². The number of aromatic nitrogens is 3. The molecule has 92 valence electrons. The maximum absolute atomic E-state index is 11.3. The summed E-state index contributed by atoms with van der Waals surface area (Å²) in [5.74, 6) is -0.656. The molecule has 1 unspecified atom stereocenters. The average molecular weight is 236 g/mol. The van der Waals surface area contributed by atoms with E-state index in [2.05, 4.69) is 20.3 Å². The summed E-state index contributed by atoms with van der Waals surface area (Å²) in [6.07, 6.45) is 5.35. The number of piperidine rings is 1. The zero-order valence-electron chi connectivity index (χ0n) is 9.54. The lowest BCUT2D eigenvalue weighted by Crippen LogP contribution is -2.30. The first-order valence-electron chi connectivity index (χ1n) is 5.83. The van der Waals surface area contributed by atoms with E-state index in [1.54, 1.807) is 0 Å². The van der Waals surface area contributed by atoms with E-state index in [0.717, 1.165) is 25.9 Å². The Balaban J connectivity index is 2.05. The second-order valence-electron chi connectivity index (χ2n) is 4.32. The lowest BCUT2D eigenvalue weighted by Gasteiger charge is -2.24. The van der Waals surface area contributed by atoms with Crippen LogP contribution in [0.3, 0.4) is 0 Å². The van der Waals surface area contributed by atoms with Gasteiger partial charge in [-0.1, -0.05) is 0 Å². The molecule has 2 heterocycles. The van der Waals surface area contributed by atoms with E-state index in [1.165, 1.54) is 12.7 Å². The minimum Gasteiger partial charge on any atom is -0.481 e. The molecular weight excluding hydrogens is 220 g/mol. The standard InChI is InChI=1S/C11H16N4O2/c16-11(17)9(10-14-6-13-7-15-10)5-8-1-3-12-4-2-8/h6-9,12H,1-5H2,(H,16,17). The number of hydrogen-bond donors (Lipinski definition) is 2. The van der Waals surface area contributed by atoms with Crippen LogP contribution in [0.4, 0.5) is 0 Å². The molecule has 6 nitrogen and oxygen atoms in total. The summed E-state index contributed by atoms with van der Waals surface area (Å²) in [6, 6.07) is 0. The minimum atomic E-state index is -0.852. The first-order valence-corrected chi connectivity index (χ1v) is 5.83. The number of carbonyl (C=O) groups is 1. The van der Waals surface area contributed by atoms with Crippen LogP contribution in [0.25, 0.3) is 0 Å². The van der Waals surface area contributed by atoms with Gasteiger partial charge in [-0.25, -0.2) is 15.0 Å². The molecule has 1 aromatic rings. The molecule has 1 fully saturated rings. The normalized spacial score (nSPS) is 18.8. The molecule has 6 heteroatoms. The summed E-state index contributed by atoms with van der Waals surface area (Å²) in [7, 11) is 0. The van der Waals surface area contributed by atoms with Crippen molar-refractivity contribution in [3.05, 3.63) is 18.5 Å². The Hall–Kier alpha value is -1.56. The molecular formula is C11H16N4O2. The number of carboxylic acids is 1. The molecule has 0 saturated carbocycles. The van der Waals surface area contributed by atoms with Crippen LogP contribution < -0.4 is 5.32 Å². The summed E-state index contributed by atoms with van der Waals surface area (Å²) < 4.78 is 0. The Labute approximate surface area is 99.5 Å². The van der Waals surface area contributed by atoms with Crippen molar-refractivity contribution < 1.29 is 9.90 Å². The van der Waals surface area contributed by atoms with Gasteiger partial charge in [0.1, 0.15) is 24.4 Å². The molecule has 1 aromatic heterocycles. The van der Waals surface area contributed by atoms with Crippen LogP contribution in [0, 0.1) is 5.92 Å². The number of carboxylic acid groups (broad SMARTS) is 1. The molecule has 0 bridgehead atoms. The highest BCUT2D eigenvalue weighted by molar-refractivity contribution is 5.74. The van der Waals surface area contributed by atoms with Crippen LogP contribution in [-0.2, 0) is 4.79 Å². The molecule has 2 N–H and O–H groups in total. The van der Waals surface area contributed by atoms with Gasteiger partial charge in [0.2, 0.25) is 0 Å². The van der Waals surface area contributed by atoms with Gasteiger partial charge in [0.15, 0.2) is 0 Å². The van der Waals surface area contributed by atoms with Gasteiger partial charge < -0.3 is 10.4 Å². The van der Waals surface area contributed by atoms with E-state index in [-0.39, 0.29) is 0 Å². The van der Waals surface area contributed by atoms with Crippen LogP contribution in [0.15, 0.2) is 12.7 Å². The Morgan fingerprint density at radius 1 is 1.41 bits per heavy atom. The van der Waals surface area contributed by atoms with E-state index < -0.39 is 11.9 Å².